The van der Waals surface area contributed by atoms with Crippen molar-refractivity contribution in [1.29, 1.82) is 0 Å². The molecular formula is C22H18ClN3OS2. The van der Waals surface area contributed by atoms with Gasteiger partial charge in [0.1, 0.15) is 16.2 Å². The first kappa shape index (κ1) is 19.9. The number of rotatable bonds is 6. The summed E-state index contributed by atoms with van der Waals surface area (Å²) in [6, 6.07) is 15.6. The van der Waals surface area contributed by atoms with Gasteiger partial charge < -0.3 is 5.32 Å². The number of thioether (sulfide) groups is 1. The molecule has 0 radical (unpaired) electrons. The topological polar surface area (TPSA) is 54.9 Å². The van der Waals surface area contributed by atoms with Gasteiger partial charge in [0.15, 0.2) is 0 Å². The van der Waals surface area contributed by atoms with Crippen molar-refractivity contribution in [2.45, 2.75) is 18.4 Å². The molecule has 2 aromatic carbocycles. The van der Waals surface area contributed by atoms with Crippen LogP contribution in [0.15, 0.2) is 65.3 Å². The molecule has 1 N–H and O–H groups in total. The number of nitrogens with zero attached hydrogens (tertiary/aromatic N) is 2. The predicted octanol–water partition coefficient (Wildman–Crippen LogP) is 6.30. The first-order chi connectivity index (χ1) is 14.2. The lowest BCUT2D eigenvalue weighted by molar-refractivity contribution is -0.113. The van der Waals surface area contributed by atoms with Gasteiger partial charge in [0, 0.05) is 21.7 Å². The lowest BCUT2D eigenvalue weighted by Crippen LogP contribution is -2.15. The van der Waals surface area contributed by atoms with Gasteiger partial charge in [0.25, 0.3) is 0 Å². The van der Waals surface area contributed by atoms with E-state index in [0.717, 1.165) is 44.0 Å². The molecule has 29 heavy (non-hydrogen) atoms. The highest BCUT2D eigenvalue weighted by atomic mass is 35.5. The van der Waals surface area contributed by atoms with Crippen LogP contribution >= 0.6 is 34.7 Å². The Balaban J connectivity index is 1.56. The summed E-state index contributed by atoms with van der Waals surface area (Å²) in [4.78, 5) is 22.3. The molecule has 146 valence electrons. The van der Waals surface area contributed by atoms with Crippen molar-refractivity contribution < 1.29 is 4.79 Å². The molecule has 0 fully saturated rings. The zero-order chi connectivity index (χ0) is 20.2. The summed E-state index contributed by atoms with van der Waals surface area (Å²) >= 11 is 9.02. The molecule has 2 heterocycles. The summed E-state index contributed by atoms with van der Waals surface area (Å²) < 4.78 is 0. The monoisotopic (exact) mass is 439 g/mol. The Bertz CT molecular complexity index is 1160. The summed E-state index contributed by atoms with van der Waals surface area (Å²) in [6.07, 6.45) is 2.42. The first-order valence-electron chi connectivity index (χ1n) is 9.14. The second-order valence-electron chi connectivity index (χ2n) is 6.36. The third-order valence-corrected chi connectivity index (χ3v) is 6.63. The van der Waals surface area contributed by atoms with Crippen LogP contribution in [0, 0.1) is 0 Å². The van der Waals surface area contributed by atoms with E-state index in [1.807, 2.05) is 48.5 Å². The standard InChI is InChI=1S/C22H18ClN3OS2/c1-2-14-5-3-4-6-18(14)26-19(27)12-29-22-20-17(11-28-21(20)24-13-25-22)15-7-9-16(23)10-8-15/h3-11,13H,2,12H2,1H3,(H,26,27). The number of aryl methyl sites for hydroxylation is 1. The molecule has 0 saturated carbocycles. The Morgan fingerprint density at radius 1 is 1.14 bits per heavy atom. The fourth-order valence-electron chi connectivity index (χ4n) is 3.07. The molecule has 0 atom stereocenters. The molecule has 0 aliphatic heterocycles. The zero-order valence-electron chi connectivity index (χ0n) is 15.7. The highest BCUT2D eigenvalue weighted by Gasteiger charge is 2.15. The second kappa shape index (κ2) is 8.95. The highest BCUT2D eigenvalue weighted by Crippen LogP contribution is 2.38. The van der Waals surface area contributed by atoms with Crippen LogP contribution in [0.3, 0.4) is 0 Å². The van der Waals surface area contributed by atoms with Crippen molar-refractivity contribution >= 4 is 56.5 Å². The minimum Gasteiger partial charge on any atom is -0.325 e. The van der Waals surface area contributed by atoms with Gasteiger partial charge in [-0.1, -0.05) is 60.6 Å². The van der Waals surface area contributed by atoms with E-state index >= 15 is 0 Å². The van der Waals surface area contributed by atoms with E-state index in [9.17, 15) is 4.79 Å². The molecule has 0 unspecified atom stereocenters. The molecule has 4 nitrogen and oxygen atoms in total. The maximum Gasteiger partial charge on any atom is 0.234 e. The summed E-state index contributed by atoms with van der Waals surface area (Å²) in [5.74, 6) is 0.228. The van der Waals surface area contributed by atoms with Gasteiger partial charge in [-0.2, -0.15) is 0 Å². The fraction of sp³-hybridized carbons (Fsp3) is 0.136. The molecule has 0 aliphatic carbocycles. The molecule has 4 rings (SSSR count). The minimum atomic E-state index is -0.0501. The molecule has 7 heteroatoms. The second-order valence-corrected chi connectivity index (χ2v) is 8.62. The smallest absolute Gasteiger partial charge is 0.234 e. The van der Waals surface area contributed by atoms with Crippen molar-refractivity contribution in [3.8, 4) is 11.1 Å². The molecule has 0 saturated heterocycles. The van der Waals surface area contributed by atoms with Gasteiger partial charge in [-0.3, -0.25) is 4.79 Å². The lowest BCUT2D eigenvalue weighted by Gasteiger charge is -2.10. The van der Waals surface area contributed by atoms with E-state index in [1.165, 1.54) is 11.8 Å². The number of hydrogen-bond acceptors (Lipinski definition) is 5. The Hall–Kier alpha value is -2.41. The number of para-hydroxylation sites is 1. The van der Waals surface area contributed by atoms with Crippen molar-refractivity contribution in [2.75, 3.05) is 11.1 Å². The Morgan fingerprint density at radius 2 is 1.93 bits per heavy atom. The average molecular weight is 440 g/mol. The first-order valence-corrected chi connectivity index (χ1v) is 11.4. The van der Waals surface area contributed by atoms with Crippen LogP contribution in [0.25, 0.3) is 21.3 Å². The van der Waals surface area contributed by atoms with Crippen LogP contribution in [0.5, 0.6) is 0 Å². The van der Waals surface area contributed by atoms with E-state index in [0.29, 0.717) is 5.02 Å². The SMILES string of the molecule is CCc1ccccc1NC(=O)CSc1ncnc2scc(-c3ccc(Cl)cc3)c12. The number of anilines is 1. The number of nitrogens with one attached hydrogen (secondary N) is 1. The summed E-state index contributed by atoms with van der Waals surface area (Å²) in [5, 5.41) is 7.57. The van der Waals surface area contributed by atoms with E-state index in [-0.39, 0.29) is 11.7 Å². The Labute approximate surface area is 182 Å². The molecule has 0 aliphatic rings. The van der Waals surface area contributed by atoms with Gasteiger partial charge >= 0.3 is 0 Å². The van der Waals surface area contributed by atoms with E-state index in [4.69, 9.17) is 11.6 Å². The Kier molecular flexibility index (Phi) is 6.13. The van der Waals surface area contributed by atoms with Crippen LogP contribution in [0.1, 0.15) is 12.5 Å². The normalized spacial score (nSPS) is 11.0. The van der Waals surface area contributed by atoms with E-state index in [1.54, 1.807) is 17.7 Å². The van der Waals surface area contributed by atoms with Crippen molar-refractivity contribution in [3.05, 3.63) is 70.8 Å². The number of hydrogen-bond donors (Lipinski definition) is 1. The lowest BCUT2D eigenvalue weighted by atomic mass is 10.1. The Morgan fingerprint density at radius 3 is 2.72 bits per heavy atom. The minimum absolute atomic E-state index is 0.0501. The van der Waals surface area contributed by atoms with Crippen LogP contribution < -0.4 is 5.32 Å². The number of aromatic nitrogens is 2. The molecule has 1 amide bonds. The molecular weight excluding hydrogens is 422 g/mol. The fourth-order valence-corrected chi connectivity index (χ4v) is 4.99. The molecule has 0 spiro atoms. The van der Waals surface area contributed by atoms with E-state index in [2.05, 4.69) is 27.6 Å². The third-order valence-electron chi connectivity index (χ3n) is 4.50. The van der Waals surface area contributed by atoms with Gasteiger partial charge in [-0.15, -0.1) is 11.3 Å². The predicted molar refractivity (Wildman–Crippen MR) is 123 cm³/mol. The van der Waals surface area contributed by atoms with Crippen molar-refractivity contribution in [1.82, 2.24) is 9.97 Å². The number of benzene rings is 2. The van der Waals surface area contributed by atoms with E-state index < -0.39 is 0 Å². The van der Waals surface area contributed by atoms with Crippen LogP contribution in [-0.2, 0) is 11.2 Å². The highest BCUT2D eigenvalue weighted by molar-refractivity contribution is 8.00. The molecule has 0 bridgehead atoms. The molecule has 4 aromatic rings. The summed E-state index contributed by atoms with van der Waals surface area (Å²) in [6.45, 7) is 2.08. The van der Waals surface area contributed by atoms with Gasteiger partial charge in [0.05, 0.1) is 11.1 Å². The maximum absolute atomic E-state index is 12.5. The number of fused-ring (bicyclic) bond motifs is 1. The van der Waals surface area contributed by atoms with Gasteiger partial charge in [0.2, 0.25) is 5.91 Å². The molecule has 2 aromatic heterocycles. The van der Waals surface area contributed by atoms with Crippen molar-refractivity contribution in [2.24, 2.45) is 0 Å². The third kappa shape index (κ3) is 4.45. The largest absolute Gasteiger partial charge is 0.325 e. The zero-order valence-corrected chi connectivity index (χ0v) is 18.1. The number of carbonyl (C=O) groups excluding carboxylic acids is 1. The average Bonchev–Trinajstić information content (AvgIpc) is 3.18. The summed E-state index contributed by atoms with van der Waals surface area (Å²) in [7, 11) is 0. The van der Waals surface area contributed by atoms with Gasteiger partial charge in [-0.05, 0) is 35.7 Å². The maximum atomic E-state index is 12.5. The number of carbonyl (C=O) groups is 1. The number of thiophene rings is 1. The summed E-state index contributed by atoms with van der Waals surface area (Å²) in [5.41, 5.74) is 4.10. The van der Waals surface area contributed by atoms with Gasteiger partial charge in [-0.25, -0.2) is 9.97 Å². The number of halogens is 1. The van der Waals surface area contributed by atoms with Crippen LogP contribution in [0.4, 0.5) is 5.69 Å². The van der Waals surface area contributed by atoms with Crippen molar-refractivity contribution in [3.63, 3.8) is 0 Å². The van der Waals surface area contributed by atoms with Crippen LogP contribution in [-0.4, -0.2) is 21.6 Å². The quantitative estimate of drug-likeness (QED) is 0.282. The van der Waals surface area contributed by atoms with Crippen LogP contribution in [0.2, 0.25) is 5.02 Å². The number of amides is 1.